The van der Waals surface area contributed by atoms with Gasteiger partial charge in [-0.2, -0.15) is 5.26 Å². The Morgan fingerprint density at radius 2 is 2.25 bits per heavy atom. The quantitative estimate of drug-likeness (QED) is 0.827. The Labute approximate surface area is 124 Å². The Hall–Kier alpha value is -1.37. The SMILES string of the molecule is N#CC(C(=O)CCC1CCCCO1)c1ccccc1Cl. The zero-order valence-corrected chi connectivity index (χ0v) is 12.1. The number of carbonyl (C=O) groups is 1. The summed E-state index contributed by atoms with van der Waals surface area (Å²) in [6.45, 7) is 0.783. The summed E-state index contributed by atoms with van der Waals surface area (Å²) in [6, 6.07) is 9.11. The van der Waals surface area contributed by atoms with E-state index in [0.717, 1.165) is 25.9 Å². The van der Waals surface area contributed by atoms with Gasteiger partial charge in [0.15, 0.2) is 5.78 Å². The molecule has 106 valence electrons. The fourth-order valence-corrected chi connectivity index (χ4v) is 2.75. The molecule has 0 aliphatic carbocycles. The van der Waals surface area contributed by atoms with Crippen LogP contribution in [0.1, 0.15) is 43.6 Å². The molecule has 1 heterocycles. The van der Waals surface area contributed by atoms with Crippen LogP contribution in [-0.4, -0.2) is 18.5 Å². The molecule has 20 heavy (non-hydrogen) atoms. The summed E-state index contributed by atoms with van der Waals surface area (Å²) in [7, 11) is 0. The van der Waals surface area contributed by atoms with E-state index in [1.807, 2.05) is 0 Å². The number of rotatable bonds is 5. The van der Waals surface area contributed by atoms with Crippen LogP contribution in [-0.2, 0) is 9.53 Å². The maximum absolute atomic E-state index is 12.2. The van der Waals surface area contributed by atoms with Gasteiger partial charge < -0.3 is 4.74 Å². The normalized spacial score (nSPS) is 20.1. The van der Waals surface area contributed by atoms with Gasteiger partial charge in [0, 0.05) is 18.1 Å². The Kier molecular flexibility index (Phi) is 5.58. The Balaban J connectivity index is 1.96. The van der Waals surface area contributed by atoms with E-state index in [1.165, 1.54) is 0 Å². The lowest BCUT2D eigenvalue weighted by molar-refractivity contribution is -0.120. The van der Waals surface area contributed by atoms with E-state index in [-0.39, 0.29) is 11.9 Å². The van der Waals surface area contributed by atoms with Gasteiger partial charge in [0.1, 0.15) is 5.92 Å². The topological polar surface area (TPSA) is 50.1 Å². The second kappa shape index (κ2) is 7.42. The molecular formula is C16H18ClNO2. The molecule has 1 aliphatic heterocycles. The molecule has 1 fully saturated rings. The van der Waals surface area contributed by atoms with Crippen molar-refractivity contribution in [1.82, 2.24) is 0 Å². The Morgan fingerprint density at radius 3 is 2.90 bits per heavy atom. The number of carbonyl (C=O) groups excluding carboxylic acids is 1. The van der Waals surface area contributed by atoms with E-state index in [2.05, 4.69) is 6.07 Å². The molecule has 3 nitrogen and oxygen atoms in total. The number of hydrogen-bond donors (Lipinski definition) is 0. The van der Waals surface area contributed by atoms with Crippen LogP contribution in [0.4, 0.5) is 0 Å². The molecule has 0 aromatic heterocycles. The fourth-order valence-electron chi connectivity index (χ4n) is 2.51. The van der Waals surface area contributed by atoms with E-state index in [4.69, 9.17) is 16.3 Å². The third-order valence-corrected chi connectivity index (χ3v) is 4.00. The third kappa shape index (κ3) is 3.82. The predicted octanol–water partition coefficient (Wildman–Crippen LogP) is 3.87. The summed E-state index contributed by atoms with van der Waals surface area (Å²) in [5.74, 6) is -0.845. The number of ketones is 1. The molecule has 2 unspecified atom stereocenters. The lowest BCUT2D eigenvalue weighted by atomic mass is 9.92. The van der Waals surface area contributed by atoms with Gasteiger partial charge in [-0.15, -0.1) is 0 Å². The highest BCUT2D eigenvalue weighted by molar-refractivity contribution is 6.31. The lowest BCUT2D eigenvalue weighted by Crippen LogP contribution is -2.21. The summed E-state index contributed by atoms with van der Waals surface area (Å²) in [4.78, 5) is 12.2. The molecule has 0 saturated carbocycles. The van der Waals surface area contributed by atoms with Gasteiger partial charge in [0.25, 0.3) is 0 Å². The number of Topliss-reactive ketones (excluding diaryl/α,β-unsaturated/α-hetero) is 1. The van der Waals surface area contributed by atoms with Gasteiger partial charge in [0.05, 0.1) is 12.2 Å². The lowest BCUT2D eigenvalue weighted by Gasteiger charge is -2.22. The monoisotopic (exact) mass is 291 g/mol. The first-order chi connectivity index (χ1) is 9.72. The van der Waals surface area contributed by atoms with Crippen molar-refractivity contribution in [3.8, 4) is 6.07 Å². The number of hydrogen-bond acceptors (Lipinski definition) is 3. The highest BCUT2D eigenvalue weighted by Gasteiger charge is 2.23. The van der Waals surface area contributed by atoms with Crippen LogP contribution < -0.4 is 0 Å². The van der Waals surface area contributed by atoms with Crippen LogP contribution in [0.15, 0.2) is 24.3 Å². The Morgan fingerprint density at radius 1 is 1.45 bits per heavy atom. The minimum Gasteiger partial charge on any atom is -0.378 e. The summed E-state index contributed by atoms with van der Waals surface area (Å²) in [5, 5.41) is 9.72. The minimum atomic E-state index is -0.771. The second-order valence-corrected chi connectivity index (χ2v) is 5.48. The molecule has 0 N–H and O–H groups in total. The van der Waals surface area contributed by atoms with Crippen LogP contribution >= 0.6 is 11.6 Å². The molecule has 2 rings (SSSR count). The number of nitrogens with zero attached hydrogens (tertiary/aromatic N) is 1. The summed E-state index contributed by atoms with van der Waals surface area (Å²) in [6.07, 6.45) is 4.50. The third-order valence-electron chi connectivity index (χ3n) is 3.65. The van der Waals surface area contributed by atoms with E-state index >= 15 is 0 Å². The zero-order chi connectivity index (χ0) is 14.4. The van der Waals surface area contributed by atoms with E-state index in [1.54, 1.807) is 24.3 Å². The molecule has 0 amide bonds. The molecule has 0 radical (unpaired) electrons. The molecule has 1 saturated heterocycles. The first-order valence-electron chi connectivity index (χ1n) is 7.00. The van der Waals surface area contributed by atoms with Gasteiger partial charge >= 0.3 is 0 Å². The highest BCUT2D eigenvalue weighted by atomic mass is 35.5. The molecule has 0 spiro atoms. The molecule has 1 aromatic carbocycles. The minimum absolute atomic E-state index is 0.0743. The molecular weight excluding hydrogens is 274 g/mol. The van der Waals surface area contributed by atoms with E-state index in [9.17, 15) is 10.1 Å². The van der Waals surface area contributed by atoms with Crippen LogP contribution in [0.3, 0.4) is 0 Å². The zero-order valence-electron chi connectivity index (χ0n) is 11.3. The van der Waals surface area contributed by atoms with Crippen molar-refractivity contribution < 1.29 is 9.53 Å². The van der Waals surface area contributed by atoms with Gasteiger partial charge in [0.2, 0.25) is 0 Å². The number of benzene rings is 1. The standard InChI is InChI=1S/C16H18ClNO2/c17-15-7-2-1-6-13(15)14(11-18)16(19)9-8-12-5-3-4-10-20-12/h1-2,6-7,12,14H,3-5,8-10H2. The fraction of sp³-hybridized carbons (Fsp3) is 0.500. The van der Waals surface area contributed by atoms with Crippen molar-refractivity contribution in [2.75, 3.05) is 6.61 Å². The largest absolute Gasteiger partial charge is 0.378 e. The van der Waals surface area contributed by atoms with Gasteiger partial charge in [-0.3, -0.25) is 4.79 Å². The molecule has 1 aliphatic rings. The van der Waals surface area contributed by atoms with E-state index < -0.39 is 5.92 Å². The van der Waals surface area contributed by atoms with Crippen molar-refractivity contribution in [2.24, 2.45) is 0 Å². The second-order valence-electron chi connectivity index (χ2n) is 5.08. The highest BCUT2D eigenvalue weighted by Crippen LogP contribution is 2.27. The Bertz CT molecular complexity index is 503. The molecule has 0 bridgehead atoms. The maximum Gasteiger partial charge on any atom is 0.154 e. The smallest absolute Gasteiger partial charge is 0.154 e. The van der Waals surface area contributed by atoms with Crippen LogP contribution in [0.2, 0.25) is 5.02 Å². The summed E-state index contributed by atoms with van der Waals surface area (Å²) in [5.41, 5.74) is 0.603. The molecule has 1 aromatic rings. The maximum atomic E-state index is 12.2. The predicted molar refractivity (Wildman–Crippen MR) is 77.6 cm³/mol. The number of nitriles is 1. The van der Waals surface area contributed by atoms with E-state index in [0.29, 0.717) is 23.4 Å². The van der Waals surface area contributed by atoms with Crippen molar-refractivity contribution >= 4 is 17.4 Å². The van der Waals surface area contributed by atoms with Crippen molar-refractivity contribution in [3.63, 3.8) is 0 Å². The van der Waals surface area contributed by atoms with Crippen LogP contribution in [0.5, 0.6) is 0 Å². The molecule has 4 heteroatoms. The first-order valence-corrected chi connectivity index (χ1v) is 7.38. The van der Waals surface area contributed by atoms with Gasteiger partial charge in [-0.25, -0.2) is 0 Å². The summed E-state index contributed by atoms with van der Waals surface area (Å²) < 4.78 is 5.61. The number of halogens is 1. The van der Waals surface area contributed by atoms with Crippen molar-refractivity contribution in [1.29, 1.82) is 5.26 Å². The average molecular weight is 292 g/mol. The average Bonchev–Trinajstić information content (AvgIpc) is 2.49. The molecule has 2 atom stereocenters. The summed E-state index contributed by atoms with van der Waals surface area (Å²) >= 11 is 6.06. The number of ether oxygens (including phenoxy) is 1. The van der Waals surface area contributed by atoms with Crippen molar-refractivity contribution in [2.45, 2.75) is 44.1 Å². The van der Waals surface area contributed by atoms with Gasteiger partial charge in [-0.1, -0.05) is 29.8 Å². The van der Waals surface area contributed by atoms with Crippen molar-refractivity contribution in [3.05, 3.63) is 34.9 Å². The first kappa shape index (κ1) is 15.0. The van der Waals surface area contributed by atoms with Gasteiger partial charge in [-0.05, 0) is 37.3 Å². The van der Waals surface area contributed by atoms with Crippen LogP contribution in [0.25, 0.3) is 0 Å². The van der Waals surface area contributed by atoms with Crippen LogP contribution in [0, 0.1) is 11.3 Å².